The second kappa shape index (κ2) is 7.11. The van der Waals surface area contributed by atoms with Crippen LogP contribution in [0.25, 0.3) is 0 Å². The minimum absolute atomic E-state index is 0.0127. The fraction of sp³-hybridized carbons (Fsp3) is 0.500. The van der Waals surface area contributed by atoms with E-state index in [0.29, 0.717) is 0 Å². The molecule has 0 heterocycles. The molecule has 0 radical (unpaired) electrons. The molecule has 1 unspecified atom stereocenters. The summed E-state index contributed by atoms with van der Waals surface area (Å²) < 4.78 is 10.4. The molecule has 0 bridgehead atoms. The predicted molar refractivity (Wildman–Crippen MR) is 76.4 cm³/mol. The molecule has 0 saturated carbocycles. The second-order valence-electron chi connectivity index (χ2n) is 4.48. The second-order valence-corrected chi connectivity index (χ2v) is 4.48. The largest absolute Gasteiger partial charge is 0.377 e. The van der Waals surface area contributed by atoms with Gasteiger partial charge in [0.2, 0.25) is 5.91 Å². The monoisotopic (exact) mass is 266 g/mol. The topological polar surface area (TPSA) is 59.6 Å². The normalized spacial score (nSPS) is 12.3. The van der Waals surface area contributed by atoms with Crippen molar-refractivity contribution in [2.24, 2.45) is 0 Å². The van der Waals surface area contributed by atoms with Gasteiger partial charge in [-0.05, 0) is 31.5 Å². The molecule has 1 atom stereocenters. The summed E-state index contributed by atoms with van der Waals surface area (Å²) in [7, 11) is 3.21. The van der Waals surface area contributed by atoms with Gasteiger partial charge in [0, 0.05) is 32.5 Å². The number of hydrogen-bond acceptors (Lipinski definition) is 4. The Labute approximate surface area is 114 Å². The molecule has 1 rings (SSSR count). The van der Waals surface area contributed by atoms with Crippen LogP contribution in [0.4, 0.5) is 11.4 Å². The summed E-state index contributed by atoms with van der Waals surface area (Å²) in [6.07, 6.45) is -0.330. The Hall–Kier alpha value is -1.59. The minimum atomic E-state index is -0.330. The van der Waals surface area contributed by atoms with Gasteiger partial charge in [0.05, 0.1) is 6.04 Å². The third-order valence-corrected chi connectivity index (χ3v) is 2.81. The molecule has 0 saturated heterocycles. The summed E-state index contributed by atoms with van der Waals surface area (Å²) in [5.41, 5.74) is 2.80. The van der Waals surface area contributed by atoms with Crippen LogP contribution in [0.15, 0.2) is 18.2 Å². The van der Waals surface area contributed by atoms with E-state index in [0.717, 1.165) is 16.9 Å². The molecule has 0 spiro atoms. The predicted octanol–water partition coefficient (Wildman–Crippen LogP) is 2.37. The minimum Gasteiger partial charge on any atom is -0.377 e. The highest BCUT2D eigenvalue weighted by Crippen LogP contribution is 2.22. The first-order valence-electron chi connectivity index (χ1n) is 6.18. The van der Waals surface area contributed by atoms with Crippen LogP contribution < -0.4 is 10.6 Å². The first kappa shape index (κ1) is 15.5. The van der Waals surface area contributed by atoms with Gasteiger partial charge in [-0.15, -0.1) is 0 Å². The summed E-state index contributed by atoms with van der Waals surface area (Å²) >= 11 is 0. The fourth-order valence-corrected chi connectivity index (χ4v) is 1.88. The number of ether oxygens (including phenoxy) is 2. The molecular weight excluding hydrogens is 244 g/mol. The van der Waals surface area contributed by atoms with E-state index in [2.05, 4.69) is 10.6 Å². The summed E-state index contributed by atoms with van der Waals surface area (Å²) in [6.45, 7) is 5.46. The molecule has 2 N–H and O–H groups in total. The number of hydrogen-bond donors (Lipinski definition) is 2. The van der Waals surface area contributed by atoms with Crippen molar-refractivity contribution in [3.63, 3.8) is 0 Å². The third-order valence-electron chi connectivity index (χ3n) is 2.81. The van der Waals surface area contributed by atoms with E-state index in [1.165, 1.54) is 6.92 Å². The molecule has 19 heavy (non-hydrogen) atoms. The van der Waals surface area contributed by atoms with Gasteiger partial charge in [-0.25, -0.2) is 0 Å². The van der Waals surface area contributed by atoms with Crippen LogP contribution in [-0.2, 0) is 14.3 Å². The molecule has 0 fully saturated rings. The van der Waals surface area contributed by atoms with Gasteiger partial charge in [-0.3, -0.25) is 4.79 Å². The van der Waals surface area contributed by atoms with Crippen LogP contribution >= 0.6 is 0 Å². The molecule has 0 aliphatic heterocycles. The van der Waals surface area contributed by atoms with Crippen molar-refractivity contribution >= 4 is 17.3 Å². The van der Waals surface area contributed by atoms with Crippen LogP contribution in [0, 0.1) is 6.92 Å². The summed E-state index contributed by atoms with van der Waals surface area (Å²) in [4.78, 5) is 11.1. The molecule has 5 nitrogen and oxygen atoms in total. The fourth-order valence-electron chi connectivity index (χ4n) is 1.88. The third kappa shape index (κ3) is 4.54. The summed E-state index contributed by atoms with van der Waals surface area (Å²) in [5.74, 6) is -0.0884. The van der Waals surface area contributed by atoms with Crippen LogP contribution in [-0.4, -0.2) is 32.5 Å². The van der Waals surface area contributed by atoms with Crippen molar-refractivity contribution in [1.29, 1.82) is 0 Å². The number of nitrogens with one attached hydrogen (secondary N) is 2. The van der Waals surface area contributed by atoms with E-state index in [-0.39, 0.29) is 18.2 Å². The van der Waals surface area contributed by atoms with Gasteiger partial charge in [0.25, 0.3) is 0 Å². The number of methoxy groups -OCH3 is 2. The Kier molecular flexibility index (Phi) is 5.79. The lowest BCUT2D eigenvalue weighted by Gasteiger charge is -2.24. The Bertz CT molecular complexity index is 431. The maximum atomic E-state index is 11.1. The quantitative estimate of drug-likeness (QED) is 0.776. The number of rotatable bonds is 6. The van der Waals surface area contributed by atoms with Gasteiger partial charge in [0.15, 0.2) is 6.29 Å². The van der Waals surface area contributed by atoms with Crippen molar-refractivity contribution < 1.29 is 14.3 Å². The average Bonchev–Trinajstić information content (AvgIpc) is 2.34. The van der Waals surface area contributed by atoms with Gasteiger partial charge in [-0.2, -0.15) is 0 Å². The highest BCUT2D eigenvalue weighted by molar-refractivity contribution is 5.89. The smallest absolute Gasteiger partial charge is 0.221 e. The van der Waals surface area contributed by atoms with E-state index in [9.17, 15) is 4.79 Å². The lowest BCUT2D eigenvalue weighted by Crippen LogP contribution is -2.34. The highest BCUT2D eigenvalue weighted by atomic mass is 16.7. The molecule has 1 amide bonds. The van der Waals surface area contributed by atoms with Gasteiger partial charge >= 0.3 is 0 Å². The number of carbonyl (C=O) groups excluding carboxylic acids is 1. The van der Waals surface area contributed by atoms with Gasteiger partial charge < -0.3 is 20.1 Å². The highest BCUT2D eigenvalue weighted by Gasteiger charge is 2.16. The maximum absolute atomic E-state index is 11.1. The van der Waals surface area contributed by atoms with Gasteiger partial charge in [0.1, 0.15) is 0 Å². The van der Waals surface area contributed by atoms with Crippen molar-refractivity contribution in [1.82, 2.24) is 0 Å². The Morgan fingerprint density at radius 2 is 1.89 bits per heavy atom. The lowest BCUT2D eigenvalue weighted by atomic mass is 10.1. The lowest BCUT2D eigenvalue weighted by molar-refractivity contribution is -0.114. The van der Waals surface area contributed by atoms with Crippen molar-refractivity contribution in [3.05, 3.63) is 23.8 Å². The average molecular weight is 266 g/mol. The molecular formula is C14H22N2O3. The van der Waals surface area contributed by atoms with Crippen LogP contribution in [0.5, 0.6) is 0 Å². The van der Waals surface area contributed by atoms with E-state index in [4.69, 9.17) is 9.47 Å². The number of anilines is 2. The van der Waals surface area contributed by atoms with E-state index < -0.39 is 0 Å². The number of benzene rings is 1. The summed E-state index contributed by atoms with van der Waals surface area (Å²) in [5, 5.41) is 6.09. The Balaban J connectivity index is 2.84. The first-order valence-corrected chi connectivity index (χ1v) is 6.18. The van der Waals surface area contributed by atoms with Crippen molar-refractivity contribution in [3.8, 4) is 0 Å². The molecule has 5 heteroatoms. The van der Waals surface area contributed by atoms with Gasteiger partial charge in [-0.1, -0.05) is 6.07 Å². The van der Waals surface area contributed by atoms with E-state index >= 15 is 0 Å². The zero-order valence-corrected chi connectivity index (χ0v) is 12.1. The Morgan fingerprint density at radius 3 is 2.42 bits per heavy atom. The standard InChI is InChI=1S/C14H22N2O3/c1-9-6-7-12(16-11(3)17)8-13(9)15-10(2)14(18-4)19-5/h6-8,10,14-15H,1-5H3,(H,16,17). The maximum Gasteiger partial charge on any atom is 0.221 e. The van der Waals surface area contributed by atoms with Crippen LogP contribution in [0.1, 0.15) is 19.4 Å². The SMILES string of the molecule is COC(OC)C(C)Nc1cc(NC(C)=O)ccc1C. The van der Waals surface area contributed by atoms with E-state index in [1.54, 1.807) is 14.2 Å². The molecule has 1 aromatic rings. The van der Waals surface area contributed by atoms with Crippen LogP contribution in [0.2, 0.25) is 0 Å². The van der Waals surface area contributed by atoms with Crippen LogP contribution in [0.3, 0.4) is 0 Å². The molecule has 0 aliphatic carbocycles. The van der Waals surface area contributed by atoms with Crippen molar-refractivity contribution in [2.45, 2.75) is 33.1 Å². The van der Waals surface area contributed by atoms with Crippen molar-refractivity contribution in [2.75, 3.05) is 24.9 Å². The number of carbonyl (C=O) groups is 1. The molecule has 106 valence electrons. The number of aryl methyl sites for hydroxylation is 1. The number of amides is 1. The Morgan fingerprint density at radius 1 is 1.26 bits per heavy atom. The molecule has 0 aliphatic rings. The summed E-state index contributed by atoms with van der Waals surface area (Å²) in [6, 6.07) is 5.71. The molecule has 1 aromatic carbocycles. The van der Waals surface area contributed by atoms with E-state index in [1.807, 2.05) is 32.0 Å². The first-order chi connectivity index (χ1) is 8.97. The zero-order chi connectivity index (χ0) is 14.4. The molecule has 0 aromatic heterocycles. The zero-order valence-electron chi connectivity index (χ0n) is 12.1.